The number of nitrogens with one attached hydrogen (secondary N) is 1. The molecule has 1 aromatic heterocycles. The predicted octanol–water partition coefficient (Wildman–Crippen LogP) is 3.33. The van der Waals surface area contributed by atoms with Gasteiger partial charge in [0.1, 0.15) is 11.3 Å². The quantitative estimate of drug-likeness (QED) is 0.925. The van der Waals surface area contributed by atoms with E-state index in [1.807, 2.05) is 0 Å². The molecule has 0 saturated heterocycles. The molecule has 1 amide bonds. The molecule has 0 radical (unpaired) electrons. The van der Waals surface area contributed by atoms with E-state index in [2.05, 4.69) is 15.5 Å². The lowest BCUT2D eigenvalue weighted by molar-refractivity contribution is -0.0336. The second kappa shape index (κ2) is 4.96. The molecule has 1 aliphatic carbocycles. The Hall–Kier alpha value is -1.79. The zero-order chi connectivity index (χ0) is 15.0. The van der Waals surface area contributed by atoms with Crippen LogP contribution in [0.15, 0.2) is 12.1 Å². The summed E-state index contributed by atoms with van der Waals surface area (Å²) in [6, 6.07) is 2.47. The van der Waals surface area contributed by atoms with Gasteiger partial charge >= 0.3 is 6.09 Å². The summed E-state index contributed by atoms with van der Waals surface area (Å²) < 4.78 is 32.5. The molecule has 20 heavy (non-hydrogen) atoms. The van der Waals surface area contributed by atoms with Crippen LogP contribution < -0.4 is 5.32 Å². The largest absolute Gasteiger partial charge is 0.444 e. The standard InChI is InChI=1S/C13H17F2N3O2/c1-12(2,3)20-11(19)16-10-7-6-9(17-18-10)13(14,15)8-4-5-8/h6-8H,4-5H2,1-3H3,(H,16,18,19). The fourth-order valence-corrected chi connectivity index (χ4v) is 1.64. The van der Waals surface area contributed by atoms with Gasteiger partial charge in [0.15, 0.2) is 5.82 Å². The van der Waals surface area contributed by atoms with Gasteiger partial charge in [-0.25, -0.2) is 4.79 Å². The highest BCUT2D eigenvalue weighted by molar-refractivity contribution is 5.83. The lowest BCUT2D eigenvalue weighted by atomic mass is 10.1. The normalized spacial score (nSPS) is 15.8. The lowest BCUT2D eigenvalue weighted by Gasteiger charge is -2.19. The topological polar surface area (TPSA) is 64.1 Å². The summed E-state index contributed by atoms with van der Waals surface area (Å²) in [4.78, 5) is 11.5. The minimum absolute atomic E-state index is 0.0783. The van der Waals surface area contributed by atoms with E-state index in [9.17, 15) is 13.6 Å². The van der Waals surface area contributed by atoms with E-state index in [4.69, 9.17) is 4.74 Å². The minimum atomic E-state index is -2.95. The number of ether oxygens (including phenoxy) is 1. The third-order valence-electron chi connectivity index (χ3n) is 2.73. The first-order valence-corrected chi connectivity index (χ1v) is 6.40. The summed E-state index contributed by atoms with van der Waals surface area (Å²) >= 11 is 0. The van der Waals surface area contributed by atoms with Crippen molar-refractivity contribution < 1.29 is 18.3 Å². The van der Waals surface area contributed by atoms with Crippen molar-refractivity contribution in [2.45, 2.75) is 45.1 Å². The fourth-order valence-electron chi connectivity index (χ4n) is 1.64. The van der Waals surface area contributed by atoms with Crippen LogP contribution in [0.3, 0.4) is 0 Å². The highest BCUT2D eigenvalue weighted by Gasteiger charge is 2.49. The molecule has 0 atom stereocenters. The molecule has 0 unspecified atom stereocenters. The van der Waals surface area contributed by atoms with Gasteiger partial charge in [-0.2, -0.15) is 8.78 Å². The van der Waals surface area contributed by atoms with Crippen molar-refractivity contribution >= 4 is 11.9 Å². The molecule has 2 rings (SSSR count). The van der Waals surface area contributed by atoms with E-state index in [-0.39, 0.29) is 11.5 Å². The molecule has 1 saturated carbocycles. The van der Waals surface area contributed by atoms with Gasteiger partial charge in [-0.3, -0.25) is 5.32 Å². The number of anilines is 1. The first kappa shape index (κ1) is 14.6. The second-order valence-electron chi connectivity index (χ2n) is 5.83. The number of amides is 1. The van der Waals surface area contributed by atoms with Gasteiger partial charge in [-0.1, -0.05) is 0 Å². The molecule has 1 aromatic rings. The number of carbonyl (C=O) groups is 1. The molecule has 0 aliphatic heterocycles. The van der Waals surface area contributed by atoms with Gasteiger partial charge in [-0.15, -0.1) is 10.2 Å². The fraction of sp³-hybridized carbons (Fsp3) is 0.615. The zero-order valence-electron chi connectivity index (χ0n) is 11.6. The summed E-state index contributed by atoms with van der Waals surface area (Å²) in [6.07, 6.45) is 0.313. The summed E-state index contributed by atoms with van der Waals surface area (Å²) in [5.74, 6) is -3.51. The van der Waals surface area contributed by atoms with Crippen LogP contribution >= 0.6 is 0 Å². The molecule has 1 fully saturated rings. The Bertz CT molecular complexity index is 493. The molecule has 1 heterocycles. The number of nitrogens with zero attached hydrogens (tertiary/aromatic N) is 2. The number of carbonyl (C=O) groups excluding carboxylic acids is 1. The average molecular weight is 285 g/mol. The van der Waals surface area contributed by atoms with Crippen molar-refractivity contribution in [1.82, 2.24) is 10.2 Å². The van der Waals surface area contributed by atoms with Gasteiger partial charge in [0.25, 0.3) is 5.92 Å². The van der Waals surface area contributed by atoms with Crippen LogP contribution in [0, 0.1) is 5.92 Å². The van der Waals surface area contributed by atoms with Crippen LogP contribution in [-0.4, -0.2) is 21.9 Å². The molecular weight excluding hydrogens is 268 g/mol. The van der Waals surface area contributed by atoms with E-state index in [0.29, 0.717) is 12.8 Å². The van der Waals surface area contributed by atoms with E-state index in [0.717, 1.165) is 0 Å². The molecule has 0 aromatic carbocycles. The first-order valence-electron chi connectivity index (χ1n) is 6.40. The molecule has 1 aliphatic rings. The summed E-state index contributed by atoms with van der Waals surface area (Å²) in [5.41, 5.74) is -1.01. The Balaban J connectivity index is 2.00. The number of rotatable bonds is 3. The maximum absolute atomic E-state index is 13.7. The summed E-state index contributed by atoms with van der Waals surface area (Å²) in [5, 5.41) is 9.42. The van der Waals surface area contributed by atoms with Gasteiger partial charge in [0.05, 0.1) is 0 Å². The van der Waals surface area contributed by atoms with Crippen LogP contribution in [0.4, 0.5) is 19.4 Å². The highest BCUT2D eigenvalue weighted by atomic mass is 19.3. The molecule has 0 bridgehead atoms. The maximum Gasteiger partial charge on any atom is 0.413 e. The Morgan fingerprint density at radius 3 is 2.40 bits per heavy atom. The van der Waals surface area contributed by atoms with Crippen LogP contribution in [0.2, 0.25) is 0 Å². The SMILES string of the molecule is CC(C)(C)OC(=O)Nc1ccc(C(F)(F)C2CC2)nn1. The van der Waals surface area contributed by atoms with Crippen molar-refractivity contribution in [3.8, 4) is 0 Å². The van der Waals surface area contributed by atoms with Crippen LogP contribution in [0.5, 0.6) is 0 Å². The molecule has 5 nitrogen and oxygen atoms in total. The Kier molecular flexibility index (Phi) is 3.62. The van der Waals surface area contributed by atoms with Gasteiger partial charge in [-0.05, 0) is 45.7 Å². The Labute approximate surface area is 115 Å². The third-order valence-corrected chi connectivity index (χ3v) is 2.73. The molecule has 1 N–H and O–H groups in total. The zero-order valence-corrected chi connectivity index (χ0v) is 11.6. The molecule has 7 heteroatoms. The number of alkyl halides is 2. The van der Waals surface area contributed by atoms with Gasteiger partial charge in [0, 0.05) is 5.92 Å². The number of aromatic nitrogens is 2. The highest BCUT2D eigenvalue weighted by Crippen LogP contribution is 2.48. The van der Waals surface area contributed by atoms with Crippen molar-refractivity contribution in [1.29, 1.82) is 0 Å². The monoisotopic (exact) mass is 285 g/mol. The summed E-state index contributed by atoms with van der Waals surface area (Å²) in [7, 11) is 0. The van der Waals surface area contributed by atoms with E-state index in [1.54, 1.807) is 20.8 Å². The smallest absolute Gasteiger partial charge is 0.413 e. The third kappa shape index (κ3) is 3.61. The number of halogens is 2. The van der Waals surface area contributed by atoms with Crippen LogP contribution in [-0.2, 0) is 10.7 Å². The average Bonchev–Trinajstić information content (AvgIpc) is 3.10. The predicted molar refractivity (Wildman–Crippen MR) is 68.5 cm³/mol. The second-order valence-corrected chi connectivity index (χ2v) is 5.83. The first-order chi connectivity index (χ1) is 9.18. The van der Waals surface area contributed by atoms with Crippen LogP contribution in [0.1, 0.15) is 39.3 Å². The molecule has 0 spiro atoms. The van der Waals surface area contributed by atoms with E-state index >= 15 is 0 Å². The minimum Gasteiger partial charge on any atom is -0.444 e. The summed E-state index contributed by atoms with van der Waals surface area (Å²) in [6.45, 7) is 5.16. The van der Waals surface area contributed by atoms with E-state index < -0.39 is 23.5 Å². The van der Waals surface area contributed by atoms with Crippen molar-refractivity contribution in [2.75, 3.05) is 5.32 Å². The lowest BCUT2D eigenvalue weighted by Crippen LogP contribution is -2.27. The molecular formula is C13H17F2N3O2. The molecule has 110 valence electrons. The van der Waals surface area contributed by atoms with Gasteiger partial charge < -0.3 is 4.74 Å². The van der Waals surface area contributed by atoms with Crippen LogP contribution in [0.25, 0.3) is 0 Å². The number of hydrogen-bond donors (Lipinski definition) is 1. The van der Waals surface area contributed by atoms with Crippen molar-refractivity contribution in [3.63, 3.8) is 0 Å². The van der Waals surface area contributed by atoms with Crippen molar-refractivity contribution in [2.24, 2.45) is 5.92 Å². The Morgan fingerprint density at radius 2 is 1.95 bits per heavy atom. The maximum atomic E-state index is 13.7. The van der Waals surface area contributed by atoms with E-state index in [1.165, 1.54) is 12.1 Å². The Morgan fingerprint density at radius 1 is 1.30 bits per heavy atom. The number of hydrogen-bond acceptors (Lipinski definition) is 4. The van der Waals surface area contributed by atoms with Crippen molar-refractivity contribution in [3.05, 3.63) is 17.8 Å². The van der Waals surface area contributed by atoms with Gasteiger partial charge in [0.2, 0.25) is 0 Å².